The third-order valence-electron chi connectivity index (χ3n) is 2.25. The predicted octanol–water partition coefficient (Wildman–Crippen LogP) is 2.90. The van der Waals surface area contributed by atoms with Gasteiger partial charge in [0.15, 0.2) is 0 Å². The zero-order chi connectivity index (χ0) is 10.6. The predicted molar refractivity (Wildman–Crippen MR) is 62.3 cm³/mol. The second-order valence-electron chi connectivity index (χ2n) is 3.61. The number of hydrogen-bond donors (Lipinski definition) is 1. The molecular weight excluding hydrogens is 196 g/mol. The van der Waals surface area contributed by atoms with Crippen molar-refractivity contribution < 1.29 is 8.42 Å². The highest BCUT2D eigenvalue weighted by atomic mass is 32.2. The molecule has 0 aliphatic rings. The van der Waals surface area contributed by atoms with Crippen LogP contribution in [0.2, 0.25) is 0 Å². The molecule has 0 aliphatic heterocycles. The van der Waals surface area contributed by atoms with Crippen LogP contribution < -0.4 is 0 Å². The lowest BCUT2D eigenvalue weighted by atomic mass is 10.1. The molecule has 0 radical (unpaired) electrons. The van der Waals surface area contributed by atoms with Crippen LogP contribution in [-0.4, -0.2) is 14.2 Å². The van der Waals surface area contributed by atoms with Gasteiger partial charge in [0.25, 0.3) is 0 Å². The summed E-state index contributed by atoms with van der Waals surface area (Å²) in [4.78, 5) is 0. The highest BCUT2D eigenvalue weighted by Crippen LogP contribution is 2.08. The van der Waals surface area contributed by atoms with Crippen LogP contribution in [-0.2, 0) is 10.7 Å². The largest absolute Gasteiger partial charge is 0.232 e. The van der Waals surface area contributed by atoms with Crippen LogP contribution in [0.1, 0.15) is 51.4 Å². The van der Waals surface area contributed by atoms with Gasteiger partial charge in [0.1, 0.15) is 10.7 Å². The van der Waals surface area contributed by atoms with Gasteiger partial charge >= 0.3 is 0 Å². The third kappa shape index (κ3) is 11.7. The molecule has 14 heavy (non-hydrogen) atoms. The standard InChI is InChI=1S/C11H22O2S/c1-2-3-4-5-6-7-8-9-10-11-14(12)13/h2,14H,1,3-11H2. The second-order valence-corrected chi connectivity index (χ2v) is 4.72. The van der Waals surface area contributed by atoms with Crippen LogP contribution in [0.5, 0.6) is 0 Å². The summed E-state index contributed by atoms with van der Waals surface area (Å²) in [6, 6.07) is 0. The van der Waals surface area contributed by atoms with E-state index in [0.29, 0.717) is 5.75 Å². The SMILES string of the molecule is C=CCCCCCCCCC[SH](=O)=O. The van der Waals surface area contributed by atoms with Crippen molar-refractivity contribution in [1.82, 2.24) is 0 Å². The molecule has 0 bridgehead atoms. The van der Waals surface area contributed by atoms with Crippen LogP contribution in [0.4, 0.5) is 0 Å². The molecule has 2 nitrogen and oxygen atoms in total. The molecule has 0 aromatic rings. The molecule has 0 saturated carbocycles. The van der Waals surface area contributed by atoms with Gasteiger partial charge in [0.05, 0.1) is 0 Å². The Morgan fingerprint density at radius 1 is 0.857 bits per heavy atom. The first-order chi connectivity index (χ1) is 6.77. The Balaban J connectivity index is 2.95. The molecule has 0 fully saturated rings. The second kappa shape index (κ2) is 10.8. The van der Waals surface area contributed by atoms with E-state index in [1.165, 1.54) is 32.1 Å². The van der Waals surface area contributed by atoms with Crippen molar-refractivity contribution in [3.8, 4) is 0 Å². The number of thiol groups is 1. The average Bonchev–Trinajstić information content (AvgIpc) is 2.15. The fourth-order valence-electron chi connectivity index (χ4n) is 1.41. The van der Waals surface area contributed by atoms with Crippen molar-refractivity contribution in [3.63, 3.8) is 0 Å². The fraction of sp³-hybridized carbons (Fsp3) is 0.818. The van der Waals surface area contributed by atoms with Crippen LogP contribution in [0, 0.1) is 0 Å². The molecule has 0 heterocycles. The quantitative estimate of drug-likeness (QED) is 0.347. The van der Waals surface area contributed by atoms with E-state index in [4.69, 9.17) is 0 Å². The lowest BCUT2D eigenvalue weighted by molar-refractivity contribution is 0.584. The molecule has 0 unspecified atom stereocenters. The van der Waals surface area contributed by atoms with Gasteiger partial charge in [-0.2, -0.15) is 0 Å². The minimum atomic E-state index is -2.14. The lowest BCUT2D eigenvalue weighted by Gasteiger charge is -1.99. The molecule has 0 N–H and O–H groups in total. The van der Waals surface area contributed by atoms with Crippen LogP contribution in [0.3, 0.4) is 0 Å². The molecule has 0 atom stereocenters. The Bertz CT molecular complexity index is 189. The van der Waals surface area contributed by atoms with Crippen molar-refractivity contribution in [1.29, 1.82) is 0 Å². The minimum Gasteiger partial charge on any atom is -0.232 e. The number of unbranched alkanes of at least 4 members (excludes halogenated alkanes) is 7. The number of allylic oxidation sites excluding steroid dienone is 1. The fourth-order valence-corrected chi connectivity index (χ4v) is 1.90. The topological polar surface area (TPSA) is 34.1 Å². The Morgan fingerprint density at radius 3 is 1.86 bits per heavy atom. The number of rotatable bonds is 10. The first-order valence-electron chi connectivity index (χ1n) is 5.50. The zero-order valence-corrected chi connectivity index (χ0v) is 9.81. The summed E-state index contributed by atoms with van der Waals surface area (Å²) in [7, 11) is -2.14. The Hall–Kier alpha value is -0.310. The first kappa shape index (κ1) is 13.7. The van der Waals surface area contributed by atoms with E-state index in [1.807, 2.05) is 6.08 Å². The normalized spacial score (nSPS) is 10.6. The molecule has 0 aliphatic carbocycles. The number of hydrogen-bond acceptors (Lipinski definition) is 2. The summed E-state index contributed by atoms with van der Waals surface area (Å²) >= 11 is 0. The van der Waals surface area contributed by atoms with Gasteiger partial charge in [0, 0.05) is 5.75 Å². The highest BCUT2D eigenvalue weighted by molar-refractivity contribution is 7.72. The molecular formula is C11H22O2S. The maximum atomic E-state index is 10.2. The third-order valence-corrected chi connectivity index (χ3v) is 2.93. The van der Waals surface area contributed by atoms with Crippen molar-refractivity contribution >= 4 is 10.7 Å². The first-order valence-corrected chi connectivity index (χ1v) is 6.86. The van der Waals surface area contributed by atoms with Crippen molar-refractivity contribution in [2.45, 2.75) is 51.4 Å². The van der Waals surface area contributed by atoms with Gasteiger partial charge in [0.2, 0.25) is 0 Å². The van der Waals surface area contributed by atoms with Crippen LogP contribution in [0.25, 0.3) is 0 Å². The van der Waals surface area contributed by atoms with E-state index in [-0.39, 0.29) is 0 Å². The molecule has 0 spiro atoms. The van der Waals surface area contributed by atoms with E-state index < -0.39 is 10.7 Å². The maximum absolute atomic E-state index is 10.2. The van der Waals surface area contributed by atoms with E-state index in [1.54, 1.807) is 0 Å². The van der Waals surface area contributed by atoms with Crippen LogP contribution >= 0.6 is 0 Å². The van der Waals surface area contributed by atoms with E-state index in [9.17, 15) is 8.42 Å². The monoisotopic (exact) mass is 218 g/mol. The summed E-state index contributed by atoms with van der Waals surface area (Å²) in [5.41, 5.74) is 0. The average molecular weight is 218 g/mol. The summed E-state index contributed by atoms with van der Waals surface area (Å²) in [5, 5.41) is 0. The Kier molecular flexibility index (Phi) is 10.5. The lowest BCUT2D eigenvalue weighted by Crippen LogP contribution is -1.87. The van der Waals surface area contributed by atoms with Crippen molar-refractivity contribution in [3.05, 3.63) is 12.7 Å². The van der Waals surface area contributed by atoms with Gasteiger partial charge in [-0.25, -0.2) is 8.42 Å². The summed E-state index contributed by atoms with van der Waals surface area (Å²) in [5.74, 6) is 0.367. The van der Waals surface area contributed by atoms with Gasteiger partial charge in [-0.3, -0.25) is 0 Å². The van der Waals surface area contributed by atoms with E-state index in [2.05, 4.69) is 6.58 Å². The van der Waals surface area contributed by atoms with Crippen molar-refractivity contribution in [2.24, 2.45) is 0 Å². The summed E-state index contributed by atoms with van der Waals surface area (Å²) in [6.45, 7) is 3.68. The van der Waals surface area contributed by atoms with E-state index in [0.717, 1.165) is 19.3 Å². The van der Waals surface area contributed by atoms with Gasteiger partial charge in [-0.15, -0.1) is 6.58 Å². The Morgan fingerprint density at radius 2 is 1.36 bits per heavy atom. The van der Waals surface area contributed by atoms with Gasteiger partial charge in [-0.1, -0.05) is 38.2 Å². The molecule has 0 aromatic heterocycles. The van der Waals surface area contributed by atoms with Crippen LogP contribution in [0.15, 0.2) is 12.7 Å². The molecule has 0 rings (SSSR count). The summed E-state index contributed by atoms with van der Waals surface area (Å²) < 4.78 is 20.5. The minimum absolute atomic E-state index is 0.367. The van der Waals surface area contributed by atoms with Gasteiger partial charge in [-0.05, 0) is 19.3 Å². The summed E-state index contributed by atoms with van der Waals surface area (Å²) in [6.07, 6.45) is 11.2. The van der Waals surface area contributed by atoms with Gasteiger partial charge < -0.3 is 0 Å². The van der Waals surface area contributed by atoms with E-state index >= 15 is 0 Å². The van der Waals surface area contributed by atoms with Crippen molar-refractivity contribution in [2.75, 3.05) is 5.75 Å². The zero-order valence-electron chi connectivity index (χ0n) is 8.91. The smallest absolute Gasteiger partial charge is 0.140 e. The molecule has 3 heteroatoms. The molecule has 84 valence electrons. The molecule has 0 saturated heterocycles. The highest BCUT2D eigenvalue weighted by Gasteiger charge is 1.92. The molecule has 0 aromatic carbocycles. The Labute approximate surface area is 89.4 Å². The maximum Gasteiger partial charge on any atom is 0.140 e. The molecule has 0 amide bonds.